The predicted molar refractivity (Wildman–Crippen MR) is 301 cm³/mol. The first kappa shape index (κ1) is 66.2. The summed E-state index contributed by atoms with van der Waals surface area (Å²) in [6.07, 6.45) is 12.0. The molecule has 0 spiro atoms. The molecule has 9 N–H and O–H groups in total. The molecule has 7 unspecified atom stereocenters. The molecular weight excluding hydrogens is 1140 g/mol. The van der Waals surface area contributed by atoms with Crippen LogP contribution in [-0.4, -0.2) is 135 Å². The number of aromatic amines is 1. The third-order valence-electron chi connectivity index (χ3n) is 14.0. The third kappa shape index (κ3) is 17.9. The molecule has 5 rings (SSSR count). The number of amides is 2. The fourth-order valence-electron chi connectivity index (χ4n) is 9.94. The number of hydrogen-bond donors (Lipinski definition) is 9. The van der Waals surface area contributed by atoms with Gasteiger partial charge in [-0.15, -0.1) is 4.89 Å². The van der Waals surface area contributed by atoms with Crippen LogP contribution in [0.2, 0.25) is 0 Å². The van der Waals surface area contributed by atoms with Crippen molar-refractivity contribution in [2.75, 3.05) is 50.0 Å². The number of allylic oxidation sites excluding steroid dienone is 6. The lowest BCUT2D eigenvalue weighted by molar-refractivity contribution is -0.433. The van der Waals surface area contributed by atoms with Crippen LogP contribution in [0.4, 0.5) is 11.4 Å². The second kappa shape index (κ2) is 29.1. The zero-order valence-electron chi connectivity index (χ0n) is 45.5. The minimum Gasteiger partial charge on any atom is -0.394 e. The van der Waals surface area contributed by atoms with Crippen molar-refractivity contribution < 1.29 is 82.8 Å². The van der Waals surface area contributed by atoms with Gasteiger partial charge in [-0.25, -0.2) is 9.36 Å². The number of phosphoric ester groups is 1. The molecule has 0 bridgehead atoms. The van der Waals surface area contributed by atoms with Gasteiger partial charge < -0.3 is 30.5 Å². The van der Waals surface area contributed by atoms with Crippen molar-refractivity contribution in [3.63, 3.8) is 0 Å². The summed E-state index contributed by atoms with van der Waals surface area (Å²) < 4.78 is 107. The van der Waals surface area contributed by atoms with Gasteiger partial charge in [0.25, 0.3) is 25.8 Å². The van der Waals surface area contributed by atoms with Crippen molar-refractivity contribution in [3.05, 3.63) is 128 Å². The van der Waals surface area contributed by atoms with Gasteiger partial charge in [-0.2, -0.15) is 21.4 Å². The molecule has 0 saturated heterocycles. The minimum absolute atomic E-state index is 0.0266. The van der Waals surface area contributed by atoms with E-state index in [-0.39, 0.29) is 54.5 Å². The van der Waals surface area contributed by atoms with E-state index in [0.717, 1.165) is 33.4 Å². The summed E-state index contributed by atoms with van der Waals surface area (Å²) in [6, 6.07) is 12.4. The molecule has 1 aromatic heterocycles. The summed E-state index contributed by atoms with van der Waals surface area (Å²) in [7, 11) is -17.4. The number of carbonyl (C=O) groups excluding carboxylic acids is 2. The highest BCUT2D eigenvalue weighted by Gasteiger charge is 2.47. The molecule has 3 heterocycles. The molecule has 2 aliphatic rings. The van der Waals surface area contributed by atoms with E-state index >= 15 is 0 Å². The lowest BCUT2D eigenvalue weighted by Crippen LogP contribution is -2.40. The molecule has 0 saturated carbocycles. The van der Waals surface area contributed by atoms with Gasteiger partial charge in [-0.05, 0) is 101 Å². The molecule has 29 heteroatoms. The molecule has 7 atom stereocenters. The highest BCUT2D eigenvalue weighted by Crippen LogP contribution is 2.52. The molecule has 2 amide bonds. The number of nitrogens with zero attached hydrogens (tertiary/aromatic N) is 3. The number of benzene rings is 2. The molecule has 0 radical (unpaired) electrons. The Labute approximate surface area is 470 Å². The SMILES string of the molecule is CCN1C(=CC=CC=CC2=[N+](CC)c3ccccc3C2(C)CCC(=O)NCCCCCC(=O)NC/C=C/c2cn(C(C)OC(COP(=O)(O)O[P+](=O)O)C(O)CO)c(=O)[nH]c2=O)C(C)(CCCS(=O)(=O)O)c2cc(S(=O)(=O)O)ccc21. The second-order valence-electron chi connectivity index (χ2n) is 19.6. The zero-order valence-corrected chi connectivity index (χ0v) is 49.0. The molecule has 0 fully saturated rings. The number of aromatic nitrogens is 2. The van der Waals surface area contributed by atoms with Crippen LogP contribution in [0.1, 0.15) is 109 Å². The Balaban J connectivity index is 1.13. The van der Waals surface area contributed by atoms with Gasteiger partial charge in [0.15, 0.2) is 5.71 Å². The normalized spacial score (nSPS) is 20.0. The summed E-state index contributed by atoms with van der Waals surface area (Å²) in [5.74, 6) is -0.870. The summed E-state index contributed by atoms with van der Waals surface area (Å²) in [5, 5.41) is 25.3. The summed E-state index contributed by atoms with van der Waals surface area (Å²) in [6.45, 7) is 9.07. The van der Waals surface area contributed by atoms with Gasteiger partial charge in [0.2, 0.25) is 17.5 Å². The maximum atomic E-state index is 13.3. The molecule has 25 nitrogen and oxygen atoms in total. The number of unbranched alkanes of at least 4 members (excludes halogenated alkanes) is 2. The average molecular weight is 1210 g/mol. The number of carbonyl (C=O) groups is 2. The first-order valence-corrected chi connectivity index (χ1v) is 31.7. The van der Waals surface area contributed by atoms with Crippen molar-refractivity contribution in [1.82, 2.24) is 20.2 Å². The predicted octanol–water partition coefficient (Wildman–Crippen LogP) is 4.95. The van der Waals surface area contributed by atoms with E-state index in [4.69, 9.17) is 9.63 Å². The van der Waals surface area contributed by atoms with Crippen LogP contribution in [0.15, 0.2) is 105 Å². The Kier molecular flexibility index (Phi) is 23.7. The largest absolute Gasteiger partial charge is 0.705 e. The lowest BCUT2D eigenvalue weighted by atomic mass is 9.75. The standard InChI is InChI=1S/C52H70N6O19P2S2/c1-6-56-41-20-14-13-19-39(41)52(5,46(56)22-11-8-10-21-45-51(4,27-17-31-80(69,70)71)40-32-38(81(72,73)74)24-25-42(40)57(45)7-2)28-26-48(62)53-29-15-9-12-23-47(61)54-30-16-18-37-33-58(50(64)55-49(37)63)36(3)76-44(43(60)34-59)35-75-79(67,68)77-78(65)66/h8,10-11,13-14,16,18-22,24-25,32-33,36,43-44,59-60H,6-7,9,12,15,17,23,26-31,34-35H2,1-5H3,(H5-2,53,54,55,61,62,63,64,65,66,67,68,69,70,71,72,73,74)/p+2/b18-16+. The molecule has 3 aromatic rings. The first-order valence-electron chi connectivity index (χ1n) is 26.1. The van der Waals surface area contributed by atoms with Crippen molar-refractivity contribution in [2.45, 2.75) is 120 Å². The summed E-state index contributed by atoms with van der Waals surface area (Å²) >= 11 is 0. The van der Waals surface area contributed by atoms with Gasteiger partial charge in [0.1, 0.15) is 25.0 Å². The van der Waals surface area contributed by atoms with Crippen LogP contribution in [-0.2, 0) is 63.4 Å². The van der Waals surface area contributed by atoms with Crippen molar-refractivity contribution in [3.8, 4) is 0 Å². The fraction of sp³-hybridized carbons (Fsp3) is 0.481. The number of anilines is 1. The highest BCUT2D eigenvalue weighted by molar-refractivity contribution is 7.86. The van der Waals surface area contributed by atoms with Gasteiger partial charge in [0, 0.05) is 77.7 Å². The topological polar surface area (TPSA) is 371 Å². The number of nitrogens with one attached hydrogen (secondary N) is 3. The average Bonchev–Trinajstić information content (AvgIpc) is 3.78. The number of para-hydroxylation sites is 1. The number of ether oxygens (including phenoxy) is 1. The Morgan fingerprint density at radius 1 is 0.926 bits per heavy atom. The van der Waals surface area contributed by atoms with Crippen LogP contribution in [0, 0.1) is 0 Å². The maximum absolute atomic E-state index is 13.3. The molecule has 0 aliphatic carbocycles. The molecular formula is C52H72N6O19P2S2+2. The van der Waals surface area contributed by atoms with Crippen LogP contribution < -0.4 is 26.8 Å². The Hall–Kier alpha value is -5.64. The van der Waals surface area contributed by atoms with E-state index in [9.17, 15) is 69.4 Å². The zero-order chi connectivity index (χ0) is 59.9. The molecule has 444 valence electrons. The lowest BCUT2D eigenvalue weighted by Gasteiger charge is -2.30. The number of phosphoric acid groups is 1. The third-order valence-corrected chi connectivity index (χ3v) is 17.5. The van der Waals surface area contributed by atoms with Crippen molar-refractivity contribution in [2.24, 2.45) is 0 Å². The summed E-state index contributed by atoms with van der Waals surface area (Å²) in [5.41, 5.74) is 2.04. The van der Waals surface area contributed by atoms with Crippen LogP contribution >= 0.6 is 16.1 Å². The number of fused-ring (bicyclic) bond motifs is 2. The fourth-order valence-corrected chi connectivity index (χ4v) is 12.2. The smallest absolute Gasteiger partial charge is 0.394 e. The molecule has 2 aliphatic heterocycles. The number of H-pyrrole nitrogens is 1. The number of hydrogen-bond acceptors (Lipinski definition) is 16. The minimum atomic E-state index is -5.07. The monoisotopic (exact) mass is 1210 g/mol. The first-order chi connectivity index (χ1) is 38.1. The highest BCUT2D eigenvalue weighted by atomic mass is 32.2. The summed E-state index contributed by atoms with van der Waals surface area (Å²) in [4.78, 5) is 73.2. The Morgan fingerprint density at radius 2 is 1.64 bits per heavy atom. The van der Waals surface area contributed by atoms with Crippen LogP contribution in [0.5, 0.6) is 0 Å². The van der Waals surface area contributed by atoms with Gasteiger partial charge >= 0.3 is 21.8 Å². The number of likely N-dealkylation sites (N-methyl/N-ethyl adjacent to an activating group) is 1. The molecule has 2 aromatic carbocycles. The van der Waals surface area contributed by atoms with Crippen LogP contribution in [0.25, 0.3) is 6.08 Å². The second-order valence-corrected chi connectivity index (χ2v) is 24.9. The van der Waals surface area contributed by atoms with Gasteiger partial charge in [-0.3, -0.25) is 42.5 Å². The van der Waals surface area contributed by atoms with E-state index in [0.29, 0.717) is 56.6 Å². The molecule has 81 heavy (non-hydrogen) atoms. The number of rotatable bonds is 32. The number of aliphatic hydroxyl groups excluding tert-OH is 2. The van der Waals surface area contributed by atoms with Gasteiger partial charge in [0.05, 0.1) is 34.8 Å². The van der Waals surface area contributed by atoms with E-state index in [1.807, 2.05) is 61.3 Å². The van der Waals surface area contributed by atoms with Gasteiger partial charge in [-0.1, -0.05) is 55.0 Å². The van der Waals surface area contributed by atoms with Crippen molar-refractivity contribution in [1.29, 1.82) is 0 Å². The van der Waals surface area contributed by atoms with E-state index in [2.05, 4.69) is 55.0 Å². The Bertz CT molecular complexity index is 3340. The van der Waals surface area contributed by atoms with E-state index < -0.39 is 95.8 Å². The Morgan fingerprint density at radius 3 is 2.31 bits per heavy atom. The van der Waals surface area contributed by atoms with E-state index in [1.54, 1.807) is 6.07 Å². The number of aliphatic hydroxyl groups is 2. The van der Waals surface area contributed by atoms with Crippen molar-refractivity contribution >= 4 is 71.3 Å². The van der Waals surface area contributed by atoms with Crippen LogP contribution in [0.3, 0.4) is 0 Å². The maximum Gasteiger partial charge on any atom is 0.705 e. The quantitative estimate of drug-likeness (QED) is 0.0131. The van der Waals surface area contributed by atoms with E-state index in [1.165, 1.54) is 31.2 Å².